The number of anilines is 3. The lowest BCUT2D eigenvalue weighted by atomic mass is 9.95. The molecule has 0 saturated carbocycles. The van der Waals surface area contributed by atoms with E-state index in [0.717, 1.165) is 5.56 Å². The summed E-state index contributed by atoms with van der Waals surface area (Å²) in [6.45, 7) is 2.40. The first-order valence-electron chi connectivity index (χ1n) is 22.5. The van der Waals surface area contributed by atoms with Crippen LogP contribution >= 0.6 is 11.6 Å². The number of imide groups is 1. The van der Waals surface area contributed by atoms with Crippen LogP contribution in [0.3, 0.4) is 0 Å². The van der Waals surface area contributed by atoms with Gasteiger partial charge in [0.15, 0.2) is 0 Å². The summed E-state index contributed by atoms with van der Waals surface area (Å²) in [6, 6.07) is 20.2. The highest BCUT2D eigenvalue weighted by atomic mass is 35.5. The number of hydrogen-bond donors (Lipinski definition) is 4. The molecular weight excluding hydrogens is 928 g/mol. The van der Waals surface area contributed by atoms with Crippen LogP contribution < -0.4 is 21.7 Å². The molecule has 3 aliphatic heterocycles. The van der Waals surface area contributed by atoms with Crippen molar-refractivity contribution in [3.63, 3.8) is 0 Å². The molecule has 5 heterocycles. The van der Waals surface area contributed by atoms with Crippen molar-refractivity contribution in [2.24, 2.45) is 10.7 Å². The van der Waals surface area contributed by atoms with Crippen molar-refractivity contribution in [3.8, 4) is 22.5 Å². The minimum Gasteiger partial charge on any atom is -0.379 e. The van der Waals surface area contributed by atoms with Crippen molar-refractivity contribution in [1.82, 2.24) is 35.2 Å². The number of carbonyl (C=O) groups is 4. The maximum Gasteiger partial charge on any atom is 0.255 e. The number of nitrogens with zero attached hydrogens (tertiary/aromatic N) is 7. The van der Waals surface area contributed by atoms with E-state index in [-0.39, 0.29) is 81.2 Å². The van der Waals surface area contributed by atoms with Gasteiger partial charge in [-0.1, -0.05) is 41.1 Å². The first-order valence-corrected chi connectivity index (χ1v) is 22.8. The van der Waals surface area contributed by atoms with E-state index in [0.29, 0.717) is 87.9 Å². The van der Waals surface area contributed by atoms with Crippen LogP contribution in [0, 0.1) is 11.6 Å². The van der Waals surface area contributed by atoms with Crippen molar-refractivity contribution < 1.29 is 42.2 Å². The summed E-state index contributed by atoms with van der Waals surface area (Å²) in [4.78, 5) is 64.7. The molecule has 2 aromatic heterocycles. The number of nitrogens with two attached hydrogens (primary N) is 1. The SMILES string of the molecule is NC(COCCOCCn1cc(-c2ccc(Nc3ncc4c(n3)-c3ccc(Cl)cc3C(c3c(F)cccc3F)=NC4)cc2)nn1)COCCC(=O)Nc1ccc2c(c1)CN(C1CCC(=O)NC1=O)C2=O. The maximum absolute atomic E-state index is 15.0. The average Bonchev–Trinajstić information content (AvgIpc) is 3.91. The van der Waals surface area contributed by atoms with Crippen molar-refractivity contribution in [2.75, 3.05) is 50.3 Å². The minimum atomic E-state index is -0.730. The Morgan fingerprint density at radius 3 is 2.44 bits per heavy atom. The van der Waals surface area contributed by atoms with Gasteiger partial charge in [0.05, 0.1) is 88.4 Å². The van der Waals surface area contributed by atoms with E-state index in [2.05, 4.69) is 36.2 Å². The van der Waals surface area contributed by atoms with Gasteiger partial charge in [0.1, 0.15) is 23.4 Å². The minimum absolute atomic E-state index is 0.0870. The topological polar surface area (TPSA) is 230 Å². The standard InChI is InChI=1S/C49H46ClF2N11O7/c50-31-6-10-36-37(21-31)46(44-38(51)2-1-3-39(44)52)54-22-30-23-55-49(59-45(30)36)57-33-7-4-28(5-8-33)40-25-62(61-60-40)15-17-68-18-19-70-27-32(53)26-69-16-14-43(65)56-34-9-11-35-29(20-34)24-63(48(35)67)41-12-13-42(64)58-47(41)66/h1-11,20-21,23,25,32,41H,12-19,22,24,26-27,53H2,(H,56,65)(H,55,57,59)(H,58,64,66). The molecule has 2 unspecified atom stereocenters. The Morgan fingerprint density at radius 2 is 1.64 bits per heavy atom. The molecule has 18 nitrogen and oxygen atoms in total. The molecule has 4 aromatic carbocycles. The highest BCUT2D eigenvalue weighted by Gasteiger charge is 2.39. The molecule has 0 radical (unpaired) electrons. The summed E-state index contributed by atoms with van der Waals surface area (Å²) < 4.78 is 48.5. The van der Waals surface area contributed by atoms with Gasteiger partial charge in [0.25, 0.3) is 5.91 Å². The van der Waals surface area contributed by atoms with Crippen LogP contribution in [-0.4, -0.2) is 111 Å². The normalized spacial score (nSPS) is 15.7. The molecule has 1 fully saturated rings. The number of nitrogens with one attached hydrogen (secondary N) is 3. The Kier molecular flexibility index (Phi) is 14.7. The summed E-state index contributed by atoms with van der Waals surface area (Å²) in [5.41, 5.74) is 12.2. The number of rotatable bonds is 19. The number of aromatic nitrogens is 5. The Balaban J connectivity index is 0.658. The molecule has 360 valence electrons. The fourth-order valence-electron chi connectivity index (χ4n) is 8.25. The lowest BCUT2D eigenvalue weighted by molar-refractivity contribution is -0.137. The quantitative estimate of drug-likeness (QED) is 0.0574. The zero-order valence-electron chi connectivity index (χ0n) is 37.5. The number of aliphatic imine (C=N–C) groups is 1. The molecule has 1 saturated heterocycles. The number of fused-ring (bicyclic) bond motifs is 4. The van der Waals surface area contributed by atoms with E-state index in [1.165, 1.54) is 23.1 Å². The molecule has 21 heteroatoms. The number of halogens is 3. The monoisotopic (exact) mass is 973 g/mol. The van der Waals surface area contributed by atoms with Crippen LogP contribution in [0.5, 0.6) is 0 Å². The van der Waals surface area contributed by atoms with E-state index in [9.17, 15) is 28.0 Å². The van der Waals surface area contributed by atoms with Gasteiger partial charge < -0.3 is 35.5 Å². The summed E-state index contributed by atoms with van der Waals surface area (Å²) in [5, 5.41) is 17.2. The van der Waals surface area contributed by atoms with Gasteiger partial charge in [-0.3, -0.25) is 29.5 Å². The third-order valence-electron chi connectivity index (χ3n) is 11.7. The number of ether oxygens (including phenoxy) is 3. The Morgan fingerprint density at radius 1 is 0.886 bits per heavy atom. The van der Waals surface area contributed by atoms with E-state index >= 15 is 0 Å². The second-order valence-corrected chi connectivity index (χ2v) is 17.1. The fraction of sp³-hybridized carbons (Fsp3) is 0.286. The first kappa shape index (κ1) is 47.7. The lowest BCUT2D eigenvalue weighted by Crippen LogP contribution is -2.52. The highest BCUT2D eigenvalue weighted by molar-refractivity contribution is 6.31. The van der Waals surface area contributed by atoms with Gasteiger partial charge in [-0.2, -0.15) is 0 Å². The fourth-order valence-corrected chi connectivity index (χ4v) is 8.42. The van der Waals surface area contributed by atoms with Crippen molar-refractivity contribution >= 4 is 58.3 Å². The Bertz CT molecular complexity index is 2970. The first-order chi connectivity index (χ1) is 34.0. The smallest absolute Gasteiger partial charge is 0.255 e. The molecule has 9 rings (SSSR count). The van der Waals surface area contributed by atoms with Crippen LogP contribution in [0.15, 0.2) is 96.2 Å². The summed E-state index contributed by atoms with van der Waals surface area (Å²) in [6.07, 6.45) is 4.00. The molecule has 70 heavy (non-hydrogen) atoms. The third kappa shape index (κ3) is 11.1. The van der Waals surface area contributed by atoms with Crippen molar-refractivity contribution in [3.05, 3.63) is 136 Å². The summed E-state index contributed by atoms with van der Waals surface area (Å²) in [5.74, 6) is -2.53. The van der Waals surface area contributed by atoms with Crippen molar-refractivity contribution in [2.45, 2.75) is 51.0 Å². The van der Waals surface area contributed by atoms with E-state index < -0.39 is 29.6 Å². The highest BCUT2D eigenvalue weighted by Crippen LogP contribution is 2.35. The lowest BCUT2D eigenvalue weighted by Gasteiger charge is -2.29. The zero-order valence-corrected chi connectivity index (χ0v) is 38.3. The van der Waals surface area contributed by atoms with Gasteiger partial charge in [0, 0.05) is 63.4 Å². The van der Waals surface area contributed by atoms with Gasteiger partial charge >= 0.3 is 0 Å². The largest absolute Gasteiger partial charge is 0.379 e. The molecule has 0 aliphatic carbocycles. The van der Waals surface area contributed by atoms with Gasteiger partial charge in [-0.05, 0) is 66.6 Å². The molecule has 6 aromatic rings. The molecule has 0 bridgehead atoms. The van der Waals surface area contributed by atoms with Crippen LogP contribution in [0.2, 0.25) is 5.02 Å². The molecule has 5 N–H and O–H groups in total. The molecule has 2 atom stereocenters. The van der Waals surface area contributed by atoms with Crippen LogP contribution in [0.25, 0.3) is 22.5 Å². The predicted molar refractivity (Wildman–Crippen MR) is 253 cm³/mol. The second-order valence-electron chi connectivity index (χ2n) is 16.7. The van der Waals surface area contributed by atoms with E-state index in [1.54, 1.807) is 47.3 Å². The number of hydrogen-bond acceptors (Lipinski definition) is 14. The van der Waals surface area contributed by atoms with Gasteiger partial charge in [0.2, 0.25) is 23.7 Å². The Hall–Kier alpha value is -7.36. The number of benzene rings is 4. The molecule has 3 aliphatic rings. The molecular formula is C49H46ClF2N11O7. The Labute approximate surface area is 404 Å². The van der Waals surface area contributed by atoms with Gasteiger partial charge in [-0.25, -0.2) is 23.4 Å². The van der Waals surface area contributed by atoms with Crippen molar-refractivity contribution in [1.29, 1.82) is 0 Å². The number of carbonyl (C=O) groups excluding carboxylic acids is 4. The van der Waals surface area contributed by atoms with Crippen LogP contribution in [0.4, 0.5) is 26.1 Å². The van der Waals surface area contributed by atoms with E-state index in [4.69, 9.17) is 36.5 Å². The molecule has 4 amide bonds. The zero-order chi connectivity index (χ0) is 48.7. The predicted octanol–water partition coefficient (Wildman–Crippen LogP) is 5.60. The molecule has 0 spiro atoms. The van der Waals surface area contributed by atoms with Crippen LogP contribution in [0.1, 0.15) is 51.9 Å². The third-order valence-corrected chi connectivity index (χ3v) is 12.0. The van der Waals surface area contributed by atoms with E-state index in [1.807, 2.05) is 30.5 Å². The average molecular weight is 974 g/mol. The second kappa shape index (κ2) is 21.5. The maximum atomic E-state index is 15.0. The summed E-state index contributed by atoms with van der Waals surface area (Å²) >= 11 is 6.36. The van der Waals surface area contributed by atoms with Crippen LogP contribution in [-0.2, 0) is 48.2 Å². The number of amides is 4. The summed E-state index contributed by atoms with van der Waals surface area (Å²) in [7, 11) is 0. The number of piperidine rings is 1. The van der Waals surface area contributed by atoms with Gasteiger partial charge in [-0.15, -0.1) is 5.10 Å².